The number of nitrogens with one attached hydrogen (secondary N) is 1. The number of carbonyl (C=O) groups is 1. The number of pyridine rings is 1. The van der Waals surface area contributed by atoms with E-state index in [2.05, 4.69) is 10.3 Å². The Labute approximate surface area is 107 Å². The molecule has 0 aliphatic carbocycles. The molecule has 2 N–H and O–H groups in total. The molecule has 0 bridgehead atoms. The molecule has 0 aliphatic rings. The number of ether oxygens (including phenoxy) is 1. The molecular weight excluding hydrogens is 232 g/mol. The van der Waals surface area contributed by atoms with Crippen molar-refractivity contribution in [3.05, 3.63) is 30.1 Å². The molecule has 0 radical (unpaired) electrons. The quantitative estimate of drug-likeness (QED) is 0.708. The number of carbonyl (C=O) groups excluding carboxylic acids is 1. The van der Waals surface area contributed by atoms with Crippen molar-refractivity contribution in [3.63, 3.8) is 0 Å². The average Bonchev–Trinajstić information content (AvgIpc) is 2.38. The molecule has 0 aromatic carbocycles. The lowest BCUT2D eigenvalue weighted by molar-refractivity contribution is -0.121. The molecular formula is C13H20N2O3. The molecule has 0 fully saturated rings. The van der Waals surface area contributed by atoms with Gasteiger partial charge in [0, 0.05) is 32.0 Å². The minimum atomic E-state index is -0.644. The van der Waals surface area contributed by atoms with Gasteiger partial charge in [-0.05, 0) is 25.0 Å². The highest BCUT2D eigenvalue weighted by molar-refractivity contribution is 5.75. The van der Waals surface area contributed by atoms with Crippen molar-refractivity contribution in [2.24, 2.45) is 0 Å². The molecule has 0 saturated carbocycles. The predicted molar refractivity (Wildman–Crippen MR) is 68.1 cm³/mol. The minimum absolute atomic E-state index is 0.0546. The number of rotatable bonds is 8. The molecule has 1 rings (SSSR count). The summed E-state index contributed by atoms with van der Waals surface area (Å²) in [6, 6.07) is 5.75. The summed E-state index contributed by atoms with van der Waals surface area (Å²) in [5.74, 6) is -0.0546. The van der Waals surface area contributed by atoms with Gasteiger partial charge in [-0.2, -0.15) is 0 Å². The Kier molecular flexibility index (Phi) is 6.98. The van der Waals surface area contributed by atoms with Gasteiger partial charge in [0.2, 0.25) is 5.91 Å². The first-order valence-corrected chi connectivity index (χ1v) is 6.06. The first kappa shape index (κ1) is 14.6. The summed E-state index contributed by atoms with van der Waals surface area (Å²) in [5, 5.41) is 12.0. The van der Waals surface area contributed by atoms with E-state index in [4.69, 9.17) is 4.74 Å². The maximum Gasteiger partial charge on any atom is 0.220 e. The van der Waals surface area contributed by atoms with Gasteiger partial charge in [0.05, 0.1) is 12.7 Å². The monoisotopic (exact) mass is 252 g/mol. The van der Waals surface area contributed by atoms with Crippen LogP contribution in [0.2, 0.25) is 0 Å². The number of aromatic nitrogens is 1. The smallest absolute Gasteiger partial charge is 0.220 e. The molecule has 1 heterocycles. The van der Waals surface area contributed by atoms with Crippen molar-refractivity contribution in [1.29, 1.82) is 0 Å². The minimum Gasteiger partial charge on any atom is -0.389 e. The van der Waals surface area contributed by atoms with Crippen molar-refractivity contribution in [3.8, 4) is 0 Å². The fourth-order valence-electron chi connectivity index (χ4n) is 1.55. The second kappa shape index (κ2) is 8.60. The molecule has 1 aromatic rings. The first-order chi connectivity index (χ1) is 8.72. The van der Waals surface area contributed by atoms with Crippen LogP contribution in [0.3, 0.4) is 0 Å². The number of nitrogens with zero attached hydrogens (tertiary/aromatic N) is 1. The third-order valence-electron chi connectivity index (χ3n) is 2.46. The Bertz CT molecular complexity index is 343. The topological polar surface area (TPSA) is 71.5 Å². The summed E-state index contributed by atoms with van der Waals surface area (Å²) >= 11 is 0. The maximum atomic E-state index is 11.5. The SMILES string of the molecule is COCC(O)CNC(=O)CCCc1ccccn1. The Morgan fingerprint density at radius 2 is 2.39 bits per heavy atom. The second-order valence-corrected chi connectivity index (χ2v) is 4.09. The van der Waals surface area contributed by atoms with Crippen LogP contribution in [0.4, 0.5) is 0 Å². The highest BCUT2D eigenvalue weighted by Crippen LogP contribution is 2.01. The zero-order chi connectivity index (χ0) is 13.2. The fourth-order valence-corrected chi connectivity index (χ4v) is 1.55. The molecule has 1 unspecified atom stereocenters. The van der Waals surface area contributed by atoms with E-state index >= 15 is 0 Å². The van der Waals surface area contributed by atoms with E-state index in [1.165, 1.54) is 7.11 Å². The van der Waals surface area contributed by atoms with E-state index in [0.29, 0.717) is 6.42 Å². The van der Waals surface area contributed by atoms with E-state index in [1.807, 2.05) is 18.2 Å². The summed E-state index contributed by atoms with van der Waals surface area (Å²) in [6.45, 7) is 0.463. The van der Waals surface area contributed by atoms with Crippen LogP contribution in [0.1, 0.15) is 18.5 Å². The van der Waals surface area contributed by atoms with Gasteiger partial charge < -0.3 is 15.2 Å². The zero-order valence-electron chi connectivity index (χ0n) is 10.6. The summed E-state index contributed by atoms with van der Waals surface area (Å²) in [7, 11) is 1.51. The molecule has 100 valence electrons. The number of aliphatic hydroxyl groups is 1. The highest BCUT2D eigenvalue weighted by atomic mass is 16.5. The third-order valence-corrected chi connectivity index (χ3v) is 2.46. The molecule has 5 nitrogen and oxygen atoms in total. The van der Waals surface area contributed by atoms with Crippen molar-refractivity contribution in [2.45, 2.75) is 25.4 Å². The van der Waals surface area contributed by atoms with E-state index in [-0.39, 0.29) is 19.1 Å². The van der Waals surface area contributed by atoms with Gasteiger partial charge in [-0.1, -0.05) is 6.07 Å². The van der Waals surface area contributed by atoms with Crippen molar-refractivity contribution in [2.75, 3.05) is 20.3 Å². The van der Waals surface area contributed by atoms with Gasteiger partial charge in [0.25, 0.3) is 0 Å². The van der Waals surface area contributed by atoms with Crippen LogP contribution < -0.4 is 5.32 Å². The zero-order valence-corrected chi connectivity index (χ0v) is 10.6. The number of hydrogen-bond acceptors (Lipinski definition) is 4. The van der Waals surface area contributed by atoms with Crippen LogP contribution in [0, 0.1) is 0 Å². The van der Waals surface area contributed by atoms with Gasteiger partial charge >= 0.3 is 0 Å². The van der Waals surface area contributed by atoms with E-state index in [0.717, 1.165) is 18.5 Å². The molecule has 0 aliphatic heterocycles. The average molecular weight is 252 g/mol. The first-order valence-electron chi connectivity index (χ1n) is 6.06. The van der Waals surface area contributed by atoms with Gasteiger partial charge in [-0.25, -0.2) is 0 Å². The maximum absolute atomic E-state index is 11.5. The molecule has 5 heteroatoms. The number of aryl methyl sites for hydroxylation is 1. The van der Waals surface area contributed by atoms with Gasteiger partial charge in [-0.15, -0.1) is 0 Å². The van der Waals surface area contributed by atoms with Gasteiger partial charge in [0.15, 0.2) is 0 Å². The molecule has 1 atom stereocenters. The molecule has 1 aromatic heterocycles. The van der Waals surface area contributed by atoms with Crippen LogP contribution in [0.15, 0.2) is 24.4 Å². The lowest BCUT2D eigenvalue weighted by atomic mass is 10.1. The second-order valence-electron chi connectivity index (χ2n) is 4.09. The highest BCUT2D eigenvalue weighted by Gasteiger charge is 2.06. The van der Waals surface area contributed by atoms with Gasteiger partial charge in [0.1, 0.15) is 0 Å². The third kappa shape index (κ3) is 6.32. The number of amides is 1. The van der Waals surface area contributed by atoms with E-state index in [9.17, 15) is 9.90 Å². The molecule has 18 heavy (non-hydrogen) atoms. The lowest BCUT2D eigenvalue weighted by Gasteiger charge is -2.10. The van der Waals surface area contributed by atoms with Crippen LogP contribution >= 0.6 is 0 Å². The summed E-state index contributed by atoms with van der Waals surface area (Å²) in [6.07, 6.45) is 3.08. The van der Waals surface area contributed by atoms with Gasteiger partial charge in [-0.3, -0.25) is 9.78 Å². The number of methoxy groups -OCH3 is 1. The van der Waals surface area contributed by atoms with Crippen molar-refractivity contribution >= 4 is 5.91 Å². The molecule has 1 amide bonds. The standard InChI is InChI=1S/C13H20N2O3/c1-18-10-12(16)9-15-13(17)7-4-6-11-5-2-3-8-14-11/h2-3,5,8,12,16H,4,6-7,9-10H2,1H3,(H,15,17). The molecule has 0 spiro atoms. The van der Waals surface area contributed by atoms with Crippen LogP contribution in [-0.2, 0) is 16.0 Å². The van der Waals surface area contributed by atoms with Crippen LogP contribution in [-0.4, -0.2) is 42.4 Å². The molecule has 0 saturated heterocycles. The normalized spacial score (nSPS) is 12.1. The summed E-state index contributed by atoms with van der Waals surface area (Å²) in [4.78, 5) is 15.6. The lowest BCUT2D eigenvalue weighted by Crippen LogP contribution is -2.34. The Morgan fingerprint density at radius 3 is 3.06 bits per heavy atom. The summed E-state index contributed by atoms with van der Waals surface area (Å²) in [5.41, 5.74) is 0.990. The largest absolute Gasteiger partial charge is 0.389 e. The van der Waals surface area contributed by atoms with Crippen molar-refractivity contribution < 1.29 is 14.6 Å². The Balaban J connectivity index is 2.10. The van der Waals surface area contributed by atoms with E-state index < -0.39 is 6.10 Å². The summed E-state index contributed by atoms with van der Waals surface area (Å²) < 4.78 is 4.77. The van der Waals surface area contributed by atoms with Crippen LogP contribution in [0.5, 0.6) is 0 Å². The predicted octanol–water partition coefficient (Wildman–Crippen LogP) is 0.528. The Hall–Kier alpha value is -1.46. The fraction of sp³-hybridized carbons (Fsp3) is 0.538. The number of aliphatic hydroxyl groups excluding tert-OH is 1. The Morgan fingerprint density at radius 1 is 1.56 bits per heavy atom. The van der Waals surface area contributed by atoms with E-state index in [1.54, 1.807) is 6.20 Å². The van der Waals surface area contributed by atoms with Crippen molar-refractivity contribution in [1.82, 2.24) is 10.3 Å². The number of hydrogen-bond donors (Lipinski definition) is 2. The van der Waals surface area contributed by atoms with Crippen LogP contribution in [0.25, 0.3) is 0 Å².